The second-order valence-corrected chi connectivity index (χ2v) is 19.9. The van der Waals surface area contributed by atoms with Crippen molar-refractivity contribution in [3.05, 3.63) is 71.5 Å². The predicted molar refractivity (Wildman–Crippen MR) is 242 cm³/mol. The highest BCUT2D eigenvalue weighted by Gasteiger charge is 2.38. The number of pyridine rings is 1. The fraction of sp³-hybridized carbons (Fsp3) is 0.551. The molecule has 65 heavy (non-hydrogen) atoms. The lowest BCUT2D eigenvalue weighted by Gasteiger charge is -2.36. The number of carbonyl (C=O) groups excluding carboxylic acids is 3. The fourth-order valence-electron chi connectivity index (χ4n) is 9.44. The van der Waals surface area contributed by atoms with Crippen molar-refractivity contribution in [2.24, 2.45) is 5.41 Å². The molecule has 3 fully saturated rings. The van der Waals surface area contributed by atoms with Crippen LogP contribution in [-0.2, 0) is 43.2 Å². The zero-order valence-electron chi connectivity index (χ0n) is 38.5. The molecule has 350 valence electrons. The van der Waals surface area contributed by atoms with Crippen molar-refractivity contribution in [2.45, 2.75) is 123 Å². The maximum Gasteiger partial charge on any atom is 0.408 e. The van der Waals surface area contributed by atoms with E-state index in [9.17, 15) is 27.6 Å². The highest BCUT2D eigenvalue weighted by Crippen LogP contribution is 2.44. The van der Waals surface area contributed by atoms with Crippen LogP contribution < -0.4 is 15.6 Å². The van der Waals surface area contributed by atoms with Crippen LogP contribution in [0.1, 0.15) is 90.2 Å². The Morgan fingerprint density at radius 1 is 1.00 bits per heavy atom. The van der Waals surface area contributed by atoms with Crippen LogP contribution in [0.3, 0.4) is 0 Å². The Balaban J connectivity index is 1.29. The van der Waals surface area contributed by atoms with Gasteiger partial charge in [-0.1, -0.05) is 44.2 Å². The molecule has 2 aromatic heterocycles. The lowest BCUT2D eigenvalue weighted by Crippen LogP contribution is -2.60. The number of piperazine rings is 1. The van der Waals surface area contributed by atoms with Crippen molar-refractivity contribution in [3.8, 4) is 22.4 Å². The normalized spacial score (nSPS) is 21.8. The first-order chi connectivity index (χ1) is 30.8. The monoisotopic (exact) mass is 901 g/mol. The largest absolute Gasteiger partial charge is 0.464 e. The van der Waals surface area contributed by atoms with Gasteiger partial charge < -0.3 is 29.0 Å². The summed E-state index contributed by atoms with van der Waals surface area (Å²) in [6, 6.07) is 13.8. The highest BCUT2D eigenvalue weighted by atomic mass is 19.4. The molecule has 3 atom stereocenters. The molecule has 5 heterocycles. The van der Waals surface area contributed by atoms with E-state index in [-0.39, 0.29) is 19.4 Å². The van der Waals surface area contributed by atoms with Crippen LogP contribution in [0.15, 0.2) is 54.7 Å². The fourth-order valence-corrected chi connectivity index (χ4v) is 9.44. The molecule has 13 nitrogen and oxygen atoms in total. The summed E-state index contributed by atoms with van der Waals surface area (Å²) in [5, 5.41) is 4.77. The number of esters is 1. The molecule has 6 bridgehead atoms. The molecular formula is C49H62F3N7O6. The molecule has 1 aliphatic carbocycles. The van der Waals surface area contributed by atoms with Gasteiger partial charge in [-0.2, -0.15) is 13.2 Å². The molecule has 0 spiro atoms. The number of nitrogens with zero attached hydrogens (tertiary/aromatic N) is 5. The van der Waals surface area contributed by atoms with Gasteiger partial charge in [-0.3, -0.25) is 24.5 Å². The SMILES string of the molecule is CO[C@@H](C)c1ncc(N2CCN(C3CC3)CC2)cc1-c1c2c3cc(ccc3n1CC(F)(F)F)-c1cccc(c1)C[C@H](NC(=O)OC(C)(C)C)C(=O)N1CCC[C@H](N1)C(=O)OCC(C)(C)C2. The number of alkyl halides is 3. The molecule has 2 aromatic carbocycles. The minimum absolute atomic E-state index is 0.0567. The number of cyclic esters (lactones) is 1. The van der Waals surface area contributed by atoms with Crippen LogP contribution >= 0.6 is 0 Å². The molecule has 0 radical (unpaired) electrons. The number of amides is 2. The van der Waals surface area contributed by atoms with E-state index >= 15 is 0 Å². The van der Waals surface area contributed by atoms with E-state index in [4.69, 9.17) is 19.2 Å². The predicted octanol–water partition coefficient (Wildman–Crippen LogP) is 7.98. The summed E-state index contributed by atoms with van der Waals surface area (Å²) in [6.45, 7) is 13.3. The van der Waals surface area contributed by atoms with Gasteiger partial charge in [0.05, 0.1) is 36.0 Å². The van der Waals surface area contributed by atoms with Gasteiger partial charge in [0, 0.05) is 74.2 Å². The Kier molecular flexibility index (Phi) is 13.0. The molecule has 4 aromatic rings. The number of hydrogen-bond donors (Lipinski definition) is 2. The number of alkyl carbamates (subject to hydrolysis) is 1. The van der Waals surface area contributed by atoms with E-state index in [1.807, 2.05) is 69.4 Å². The van der Waals surface area contributed by atoms with Crippen molar-refractivity contribution in [1.29, 1.82) is 0 Å². The summed E-state index contributed by atoms with van der Waals surface area (Å²) in [5.41, 5.74) is 7.06. The quantitative estimate of drug-likeness (QED) is 0.176. The van der Waals surface area contributed by atoms with Gasteiger partial charge in [0.25, 0.3) is 5.91 Å². The van der Waals surface area contributed by atoms with Crippen molar-refractivity contribution in [1.82, 2.24) is 30.2 Å². The minimum atomic E-state index is -4.58. The minimum Gasteiger partial charge on any atom is -0.464 e. The average molecular weight is 902 g/mol. The number of nitrogens with one attached hydrogen (secondary N) is 2. The summed E-state index contributed by atoms with van der Waals surface area (Å²) in [7, 11) is 1.57. The molecule has 2 saturated heterocycles. The maximum absolute atomic E-state index is 15.0. The number of anilines is 1. The maximum atomic E-state index is 15.0. The van der Waals surface area contributed by atoms with E-state index in [1.54, 1.807) is 33.9 Å². The van der Waals surface area contributed by atoms with Crippen molar-refractivity contribution >= 4 is 34.6 Å². The van der Waals surface area contributed by atoms with Gasteiger partial charge in [0.1, 0.15) is 24.2 Å². The summed E-state index contributed by atoms with van der Waals surface area (Å²) >= 11 is 0. The van der Waals surface area contributed by atoms with Crippen molar-refractivity contribution in [2.75, 3.05) is 51.3 Å². The molecule has 4 aliphatic rings. The lowest BCUT2D eigenvalue weighted by molar-refractivity contribution is -0.155. The zero-order chi connectivity index (χ0) is 46.4. The average Bonchev–Trinajstić information content (AvgIpc) is 4.08. The van der Waals surface area contributed by atoms with Gasteiger partial charge in [0.2, 0.25) is 0 Å². The van der Waals surface area contributed by atoms with E-state index in [1.165, 1.54) is 22.4 Å². The Bertz CT molecular complexity index is 2420. The molecule has 3 aliphatic heterocycles. The number of benzene rings is 2. The number of methoxy groups -OCH3 is 1. The van der Waals surface area contributed by atoms with Crippen LogP contribution in [0.25, 0.3) is 33.3 Å². The summed E-state index contributed by atoms with van der Waals surface area (Å²) in [4.78, 5) is 51.0. The van der Waals surface area contributed by atoms with Gasteiger partial charge in [0.15, 0.2) is 0 Å². The Hall–Kier alpha value is -5.19. The van der Waals surface area contributed by atoms with Crippen molar-refractivity contribution in [3.63, 3.8) is 0 Å². The number of ether oxygens (including phenoxy) is 3. The second kappa shape index (κ2) is 18.2. The summed E-state index contributed by atoms with van der Waals surface area (Å²) in [5.74, 6) is -0.996. The topological polar surface area (TPSA) is 130 Å². The first-order valence-electron chi connectivity index (χ1n) is 22.8. The Morgan fingerprint density at radius 3 is 2.43 bits per heavy atom. The van der Waals surface area contributed by atoms with E-state index < -0.39 is 59.9 Å². The molecule has 1 saturated carbocycles. The number of hydrogen-bond acceptors (Lipinski definition) is 10. The van der Waals surface area contributed by atoms with E-state index in [2.05, 4.69) is 20.5 Å². The number of aromatic nitrogens is 2. The zero-order valence-corrected chi connectivity index (χ0v) is 38.5. The number of halogens is 3. The molecule has 2 amide bonds. The van der Waals surface area contributed by atoms with Gasteiger partial charge in [-0.05, 0) is 100 Å². The van der Waals surface area contributed by atoms with Gasteiger partial charge >= 0.3 is 18.2 Å². The Labute approximate surface area is 378 Å². The lowest BCUT2D eigenvalue weighted by atomic mass is 9.84. The number of carbonyl (C=O) groups is 3. The third-order valence-corrected chi connectivity index (χ3v) is 12.8. The molecule has 2 N–H and O–H groups in total. The van der Waals surface area contributed by atoms with Crippen LogP contribution in [0, 0.1) is 5.41 Å². The van der Waals surface area contributed by atoms with E-state index in [0.29, 0.717) is 58.8 Å². The highest BCUT2D eigenvalue weighted by molar-refractivity contribution is 5.96. The third kappa shape index (κ3) is 10.8. The molecule has 16 heteroatoms. The standard InChI is InChI=1S/C49H62F3N7O6/c1-30(63-7)42-37(25-35(27-53-42)57-20-18-56(19-21-57)34-14-15-34)43-38-26-48(5,6)29-64-45(61)39-12-9-17-59(55-39)44(60)40(54-46(62)65-47(2,3)4)23-31-10-8-11-32(22-31)33-13-16-41(36(38)24-33)58(43)28-49(50,51)52/h8,10-11,13,16,22,24-25,27,30,34,39-40,55H,9,12,14-15,17-21,23,26,28-29H2,1-7H3,(H,54,62)/t30-,39-,40-/m0/s1. The van der Waals surface area contributed by atoms with Gasteiger partial charge in [-0.15, -0.1) is 0 Å². The van der Waals surface area contributed by atoms with Crippen LogP contribution in [0.5, 0.6) is 0 Å². The number of fused-ring (bicyclic) bond motifs is 6. The Morgan fingerprint density at radius 2 is 1.74 bits per heavy atom. The van der Waals surface area contributed by atoms with Crippen LogP contribution in [0.2, 0.25) is 0 Å². The molecule has 8 rings (SSSR count). The summed E-state index contributed by atoms with van der Waals surface area (Å²) < 4.78 is 63.8. The number of hydrazine groups is 1. The number of rotatable bonds is 7. The van der Waals surface area contributed by atoms with Crippen molar-refractivity contribution < 1.29 is 41.8 Å². The first kappa shape index (κ1) is 46.3. The van der Waals surface area contributed by atoms with Crippen LogP contribution in [-0.4, -0.2) is 114 Å². The summed E-state index contributed by atoms with van der Waals surface area (Å²) in [6.07, 6.45) is -0.406. The van der Waals surface area contributed by atoms with Gasteiger partial charge in [-0.25, -0.2) is 10.2 Å². The molecule has 0 unspecified atom stereocenters. The van der Waals surface area contributed by atoms with E-state index in [0.717, 1.165) is 48.6 Å². The third-order valence-electron chi connectivity index (χ3n) is 12.8. The first-order valence-corrected chi connectivity index (χ1v) is 22.8. The smallest absolute Gasteiger partial charge is 0.408 e. The van der Waals surface area contributed by atoms with Crippen LogP contribution in [0.4, 0.5) is 23.7 Å². The molecular weight excluding hydrogens is 840 g/mol. The second-order valence-electron chi connectivity index (χ2n) is 19.9.